The van der Waals surface area contributed by atoms with Crippen LogP contribution in [0.1, 0.15) is 109 Å². The summed E-state index contributed by atoms with van der Waals surface area (Å²) in [6, 6.07) is 0. The Morgan fingerprint density at radius 2 is 0.724 bits per heavy atom. The van der Waals surface area contributed by atoms with Gasteiger partial charge in [-0.3, -0.25) is 0 Å². The van der Waals surface area contributed by atoms with Crippen molar-refractivity contribution < 1.29 is 7.56 Å². The van der Waals surface area contributed by atoms with Crippen molar-refractivity contribution in [1.29, 1.82) is 0 Å². The quantitative estimate of drug-likeness (QED) is 0.161. The van der Waals surface area contributed by atoms with Gasteiger partial charge in [-0.2, -0.15) is 0 Å². The van der Waals surface area contributed by atoms with Gasteiger partial charge >= 0.3 is 196 Å². The van der Waals surface area contributed by atoms with Crippen molar-refractivity contribution in [1.82, 2.24) is 0 Å². The van der Waals surface area contributed by atoms with E-state index in [2.05, 4.69) is 83.1 Å². The summed E-state index contributed by atoms with van der Waals surface area (Å²) in [6.45, 7) is 29.6. The molecule has 0 aliphatic rings. The molecule has 0 fully saturated rings. The van der Waals surface area contributed by atoms with Crippen LogP contribution in [0.2, 0.25) is 15.7 Å². The standard InChI is InChI=1S/2C6H13O.4C3H7.O.2Sn/c2*1-3-6(4-2)5-7;4*1-3-2;;;/h2*6H,3-5H2,1-2H3;4*3H,1-2H3;;;/q2*-1;;;;;;2*+1. The molecule has 0 bridgehead atoms. The zero-order chi connectivity index (χ0) is 22.8. The third kappa shape index (κ3) is 8.40. The third-order valence-electron chi connectivity index (χ3n) is 6.94. The number of hydrogen-bond donors (Lipinski definition) is 0. The summed E-state index contributed by atoms with van der Waals surface area (Å²) in [4.78, 5) is 0. The van der Waals surface area contributed by atoms with Gasteiger partial charge in [-0.1, -0.05) is 0 Å². The van der Waals surface area contributed by atoms with Crippen LogP contribution in [0.4, 0.5) is 0 Å². The molecule has 0 amide bonds. The second-order valence-electron chi connectivity index (χ2n) is 10.2. The topological polar surface area (TPSA) is 27.7 Å². The zero-order valence-corrected chi connectivity index (χ0v) is 27.6. The molecule has 29 heavy (non-hydrogen) atoms. The van der Waals surface area contributed by atoms with Crippen LogP contribution in [0.25, 0.3) is 0 Å². The average Bonchev–Trinajstić information content (AvgIpc) is 2.65. The van der Waals surface area contributed by atoms with Crippen LogP contribution >= 0.6 is 0 Å². The molecule has 0 rings (SSSR count). The number of hydrogen-bond acceptors (Lipinski definition) is 3. The van der Waals surface area contributed by atoms with E-state index in [4.69, 9.17) is 7.56 Å². The van der Waals surface area contributed by atoms with Gasteiger partial charge in [0.2, 0.25) is 0 Å². The van der Waals surface area contributed by atoms with E-state index in [1.165, 1.54) is 25.7 Å². The molecule has 0 atom stereocenters. The van der Waals surface area contributed by atoms with Crippen LogP contribution in [-0.2, 0) is 7.56 Å². The van der Waals surface area contributed by atoms with Gasteiger partial charge in [-0.05, 0) is 0 Å². The molecule has 0 aromatic heterocycles. The van der Waals surface area contributed by atoms with Gasteiger partial charge in [0.15, 0.2) is 0 Å². The van der Waals surface area contributed by atoms with E-state index in [-0.39, 0.29) is 0 Å². The normalized spacial score (nSPS) is 13.9. The van der Waals surface area contributed by atoms with Gasteiger partial charge in [0, 0.05) is 0 Å². The maximum atomic E-state index is 7.53. The Morgan fingerprint density at radius 1 is 0.483 bits per heavy atom. The summed E-state index contributed by atoms with van der Waals surface area (Å²) in [5, 5.41) is 0. The first-order valence-corrected chi connectivity index (χ1v) is 23.7. The Balaban J connectivity index is 6.02. The molecule has 0 spiro atoms. The molecule has 0 aromatic rings. The van der Waals surface area contributed by atoms with Crippen LogP contribution in [0, 0.1) is 11.8 Å². The number of rotatable bonds is 16. The van der Waals surface area contributed by atoms with Gasteiger partial charge in [-0.25, -0.2) is 0 Å². The first kappa shape index (κ1) is 30.5. The van der Waals surface area contributed by atoms with Crippen LogP contribution in [0.3, 0.4) is 0 Å². The summed E-state index contributed by atoms with van der Waals surface area (Å²) in [5.41, 5.74) is 0. The van der Waals surface area contributed by atoms with Crippen molar-refractivity contribution in [2.75, 3.05) is 13.2 Å². The van der Waals surface area contributed by atoms with Crippen molar-refractivity contribution in [3.05, 3.63) is 0 Å². The Labute approximate surface area is 194 Å². The first-order chi connectivity index (χ1) is 13.5. The fourth-order valence-electron chi connectivity index (χ4n) is 4.32. The predicted molar refractivity (Wildman–Crippen MR) is 133 cm³/mol. The van der Waals surface area contributed by atoms with Gasteiger partial charge in [0.25, 0.3) is 0 Å². The van der Waals surface area contributed by atoms with Crippen LogP contribution < -0.4 is 0 Å². The molecule has 0 aliphatic carbocycles. The van der Waals surface area contributed by atoms with E-state index in [0.29, 0.717) is 27.6 Å². The van der Waals surface area contributed by atoms with Crippen molar-refractivity contribution in [3.63, 3.8) is 0 Å². The van der Waals surface area contributed by atoms with E-state index in [0.717, 1.165) is 13.2 Å². The van der Waals surface area contributed by atoms with E-state index in [1.54, 1.807) is 0 Å². The minimum atomic E-state index is -3.38. The molecule has 0 aliphatic heterocycles. The van der Waals surface area contributed by atoms with Gasteiger partial charge in [0.05, 0.1) is 0 Å². The van der Waals surface area contributed by atoms with E-state index < -0.39 is 38.4 Å². The fraction of sp³-hybridized carbons (Fsp3) is 1.00. The van der Waals surface area contributed by atoms with Crippen LogP contribution in [0.5, 0.6) is 0 Å². The van der Waals surface area contributed by atoms with Gasteiger partial charge in [0.1, 0.15) is 0 Å². The summed E-state index contributed by atoms with van der Waals surface area (Å²) < 4.78 is 23.4. The molecular formula is C24H54O3Sn2. The molecule has 0 N–H and O–H groups in total. The molecule has 0 saturated heterocycles. The Bertz CT molecular complexity index is 362. The molecule has 0 unspecified atom stereocenters. The van der Waals surface area contributed by atoms with Gasteiger partial charge < -0.3 is 0 Å². The van der Waals surface area contributed by atoms with Crippen molar-refractivity contribution in [2.45, 2.75) is 125 Å². The maximum absolute atomic E-state index is 7.53. The average molecular weight is 628 g/mol. The monoisotopic (exact) mass is 630 g/mol. The zero-order valence-electron chi connectivity index (χ0n) is 21.9. The SMILES string of the molecule is CCC(CC)C[O][Sn]([O][Sn]([O]CC(CC)CC)([CH](C)C)[CH](C)C)([CH](C)C)[CH](C)C. The van der Waals surface area contributed by atoms with Crippen LogP contribution in [-0.4, -0.2) is 51.6 Å². The van der Waals surface area contributed by atoms with Crippen LogP contribution in [0.15, 0.2) is 0 Å². The van der Waals surface area contributed by atoms with E-state index in [9.17, 15) is 0 Å². The Morgan fingerprint density at radius 3 is 0.897 bits per heavy atom. The van der Waals surface area contributed by atoms with Crippen molar-refractivity contribution >= 4 is 38.4 Å². The van der Waals surface area contributed by atoms with E-state index >= 15 is 0 Å². The predicted octanol–water partition coefficient (Wildman–Crippen LogP) is 8.43. The molecule has 176 valence electrons. The molecule has 0 aromatic carbocycles. The Kier molecular flexibility index (Phi) is 15.3. The molecule has 5 heteroatoms. The third-order valence-corrected chi connectivity index (χ3v) is 42.9. The molecule has 0 heterocycles. The van der Waals surface area contributed by atoms with Crippen molar-refractivity contribution in [3.8, 4) is 0 Å². The minimum absolute atomic E-state index is 0.490. The Hall–Kier alpha value is 1.48. The molecule has 3 nitrogen and oxygen atoms in total. The fourth-order valence-corrected chi connectivity index (χ4v) is 52.9. The molecular weight excluding hydrogens is 574 g/mol. The first-order valence-electron chi connectivity index (χ1n) is 12.4. The van der Waals surface area contributed by atoms with Gasteiger partial charge in [-0.15, -0.1) is 0 Å². The summed E-state index contributed by atoms with van der Waals surface area (Å²) in [5.74, 6) is 1.28. The summed E-state index contributed by atoms with van der Waals surface area (Å²) in [6.07, 6.45) is 4.73. The van der Waals surface area contributed by atoms with E-state index in [1.807, 2.05) is 0 Å². The van der Waals surface area contributed by atoms with Crippen molar-refractivity contribution in [2.24, 2.45) is 11.8 Å². The summed E-state index contributed by atoms with van der Waals surface area (Å²) in [7, 11) is 0. The summed E-state index contributed by atoms with van der Waals surface area (Å²) >= 11 is -6.77. The molecule has 0 radical (unpaired) electrons. The second kappa shape index (κ2) is 14.6. The molecule has 0 saturated carbocycles. The second-order valence-corrected chi connectivity index (χ2v) is 37.7.